The van der Waals surface area contributed by atoms with Crippen molar-refractivity contribution in [2.45, 2.75) is 0 Å². The number of aromatic nitrogens is 4. The van der Waals surface area contributed by atoms with Crippen LogP contribution < -0.4 is 5.32 Å². The van der Waals surface area contributed by atoms with Crippen molar-refractivity contribution in [2.75, 3.05) is 5.32 Å². The SMILES string of the molecule is O=C(O)c1nc(Nc2ccn[nH]2)no1. The van der Waals surface area contributed by atoms with Gasteiger partial charge < -0.3 is 14.9 Å². The van der Waals surface area contributed by atoms with E-state index in [1.165, 1.54) is 6.20 Å². The second-order valence-corrected chi connectivity index (χ2v) is 2.32. The molecule has 8 heteroatoms. The van der Waals surface area contributed by atoms with E-state index < -0.39 is 11.9 Å². The molecule has 0 aliphatic rings. The van der Waals surface area contributed by atoms with Crippen molar-refractivity contribution in [1.82, 2.24) is 20.3 Å². The number of carboxylic acids is 1. The average Bonchev–Trinajstić information content (AvgIpc) is 2.75. The standard InChI is InChI=1S/C6H5N5O3/c12-5(13)4-9-6(11-14-4)8-3-1-2-7-10-3/h1-2H,(H,12,13)(H2,7,8,10,11). The first-order valence-corrected chi connectivity index (χ1v) is 3.59. The fourth-order valence-electron chi connectivity index (χ4n) is 0.807. The lowest BCUT2D eigenvalue weighted by molar-refractivity contribution is 0.0643. The summed E-state index contributed by atoms with van der Waals surface area (Å²) >= 11 is 0. The van der Waals surface area contributed by atoms with E-state index in [4.69, 9.17) is 5.11 Å². The summed E-state index contributed by atoms with van der Waals surface area (Å²) in [6.07, 6.45) is 1.53. The zero-order valence-electron chi connectivity index (χ0n) is 6.76. The van der Waals surface area contributed by atoms with Gasteiger partial charge in [0.15, 0.2) is 0 Å². The first-order valence-electron chi connectivity index (χ1n) is 3.59. The number of rotatable bonds is 3. The van der Waals surface area contributed by atoms with Gasteiger partial charge in [-0.05, 0) is 5.16 Å². The molecule has 0 amide bonds. The van der Waals surface area contributed by atoms with Crippen molar-refractivity contribution < 1.29 is 14.4 Å². The van der Waals surface area contributed by atoms with Gasteiger partial charge in [0.1, 0.15) is 5.82 Å². The number of hydrogen-bond donors (Lipinski definition) is 3. The van der Waals surface area contributed by atoms with Crippen molar-refractivity contribution in [2.24, 2.45) is 0 Å². The summed E-state index contributed by atoms with van der Waals surface area (Å²) in [6.45, 7) is 0. The van der Waals surface area contributed by atoms with E-state index in [0.717, 1.165) is 0 Å². The summed E-state index contributed by atoms with van der Waals surface area (Å²) in [6, 6.07) is 1.64. The highest BCUT2D eigenvalue weighted by molar-refractivity contribution is 5.82. The minimum atomic E-state index is -1.27. The van der Waals surface area contributed by atoms with Crippen LogP contribution in [0.3, 0.4) is 0 Å². The Morgan fingerprint density at radius 3 is 3.07 bits per heavy atom. The number of anilines is 2. The molecule has 2 heterocycles. The fraction of sp³-hybridized carbons (Fsp3) is 0. The molecule has 0 saturated heterocycles. The molecule has 14 heavy (non-hydrogen) atoms. The number of aromatic carboxylic acids is 1. The van der Waals surface area contributed by atoms with Gasteiger partial charge in [-0.25, -0.2) is 4.79 Å². The first kappa shape index (κ1) is 8.23. The second kappa shape index (κ2) is 3.17. The minimum absolute atomic E-state index is 0.0617. The molecule has 0 saturated carbocycles. The number of carboxylic acid groups (broad SMARTS) is 1. The second-order valence-electron chi connectivity index (χ2n) is 2.32. The summed E-state index contributed by atoms with van der Waals surface area (Å²) in [5.74, 6) is -1.13. The lowest BCUT2D eigenvalue weighted by Crippen LogP contribution is -1.97. The summed E-state index contributed by atoms with van der Waals surface area (Å²) < 4.78 is 4.42. The van der Waals surface area contributed by atoms with Gasteiger partial charge in [-0.3, -0.25) is 5.10 Å². The van der Waals surface area contributed by atoms with Gasteiger partial charge >= 0.3 is 11.9 Å². The molecule has 0 unspecified atom stereocenters. The molecule has 2 aromatic rings. The van der Waals surface area contributed by atoms with Gasteiger partial charge in [-0.1, -0.05) is 0 Å². The smallest absolute Gasteiger partial charge is 0.394 e. The zero-order chi connectivity index (χ0) is 9.97. The van der Waals surface area contributed by atoms with Gasteiger partial charge in [0.05, 0.1) is 6.20 Å². The molecular formula is C6H5N5O3. The summed E-state index contributed by atoms with van der Waals surface area (Å²) in [5, 5.41) is 20.8. The molecule has 8 nitrogen and oxygen atoms in total. The van der Waals surface area contributed by atoms with Crippen LogP contribution in [-0.2, 0) is 0 Å². The highest BCUT2D eigenvalue weighted by atomic mass is 16.5. The topological polar surface area (TPSA) is 117 Å². The summed E-state index contributed by atoms with van der Waals surface area (Å²) in [5.41, 5.74) is 0. The lowest BCUT2D eigenvalue weighted by atomic mass is 10.6. The molecule has 0 bridgehead atoms. The van der Waals surface area contributed by atoms with E-state index in [1.807, 2.05) is 0 Å². The highest BCUT2D eigenvalue weighted by Crippen LogP contribution is 2.09. The van der Waals surface area contributed by atoms with Gasteiger partial charge in [-0.15, -0.1) is 0 Å². The Kier molecular flexibility index (Phi) is 1.86. The molecule has 2 rings (SSSR count). The molecular weight excluding hydrogens is 190 g/mol. The van der Waals surface area contributed by atoms with Crippen LogP contribution in [0.1, 0.15) is 10.7 Å². The zero-order valence-corrected chi connectivity index (χ0v) is 6.76. The van der Waals surface area contributed by atoms with Crippen LogP contribution in [0.2, 0.25) is 0 Å². The Morgan fingerprint density at radius 2 is 2.50 bits per heavy atom. The van der Waals surface area contributed by atoms with E-state index in [0.29, 0.717) is 5.82 Å². The van der Waals surface area contributed by atoms with Gasteiger partial charge in [-0.2, -0.15) is 10.1 Å². The number of carbonyl (C=O) groups is 1. The molecule has 0 spiro atoms. The van der Waals surface area contributed by atoms with E-state index in [2.05, 4.69) is 30.2 Å². The maximum absolute atomic E-state index is 10.4. The van der Waals surface area contributed by atoms with Crippen LogP contribution in [0.5, 0.6) is 0 Å². The fourth-order valence-corrected chi connectivity index (χ4v) is 0.807. The molecule has 0 radical (unpaired) electrons. The third-order valence-corrected chi connectivity index (χ3v) is 1.36. The van der Waals surface area contributed by atoms with Crippen LogP contribution in [0.4, 0.5) is 11.8 Å². The van der Waals surface area contributed by atoms with Crippen molar-refractivity contribution >= 4 is 17.7 Å². The van der Waals surface area contributed by atoms with E-state index in [9.17, 15) is 4.79 Å². The molecule has 0 fully saturated rings. The Balaban J connectivity index is 2.14. The van der Waals surface area contributed by atoms with Crippen LogP contribution in [0.25, 0.3) is 0 Å². The Bertz CT molecular complexity index is 434. The largest absolute Gasteiger partial charge is 0.474 e. The van der Waals surface area contributed by atoms with Crippen LogP contribution in [-0.4, -0.2) is 31.4 Å². The number of nitrogens with one attached hydrogen (secondary N) is 2. The minimum Gasteiger partial charge on any atom is -0.474 e. The number of aromatic amines is 1. The van der Waals surface area contributed by atoms with Crippen LogP contribution >= 0.6 is 0 Å². The molecule has 0 aliphatic carbocycles. The van der Waals surface area contributed by atoms with Crippen molar-refractivity contribution in [3.05, 3.63) is 18.2 Å². The molecule has 72 valence electrons. The predicted octanol–water partition coefficient (Wildman–Crippen LogP) is 0.234. The number of hydrogen-bond acceptors (Lipinski definition) is 6. The van der Waals surface area contributed by atoms with Gasteiger partial charge in [0, 0.05) is 6.07 Å². The summed E-state index contributed by atoms with van der Waals surface area (Å²) in [4.78, 5) is 13.9. The average molecular weight is 195 g/mol. The Labute approximate surface area is 76.9 Å². The molecule has 0 aromatic carbocycles. The Hall–Kier alpha value is -2.38. The molecule has 3 N–H and O–H groups in total. The van der Waals surface area contributed by atoms with Crippen molar-refractivity contribution in [1.29, 1.82) is 0 Å². The molecule has 2 aromatic heterocycles. The first-order chi connectivity index (χ1) is 6.75. The van der Waals surface area contributed by atoms with E-state index in [1.54, 1.807) is 6.07 Å². The van der Waals surface area contributed by atoms with Gasteiger partial charge in [0.2, 0.25) is 0 Å². The molecule has 0 atom stereocenters. The Morgan fingerprint density at radius 1 is 1.64 bits per heavy atom. The van der Waals surface area contributed by atoms with Crippen molar-refractivity contribution in [3.63, 3.8) is 0 Å². The van der Waals surface area contributed by atoms with Crippen LogP contribution in [0, 0.1) is 0 Å². The van der Waals surface area contributed by atoms with Crippen LogP contribution in [0.15, 0.2) is 16.8 Å². The summed E-state index contributed by atoms with van der Waals surface area (Å²) in [7, 11) is 0. The maximum Gasteiger partial charge on any atom is 0.394 e. The number of nitrogens with zero attached hydrogens (tertiary/aromatic N) is 3. The number of H-pyrrole nitrogens is 1. The third kappa shape index (κ3) is 1.53. The predicted molar refractivity (Wildman–Crippen MR) is 43.1 cm³/mol. The monoisotopic (exact) mass is 195 g/mol. The normalized spacial score (nSPS) is 10.0. The highest BCUT2D eigenvalue weighted by Gasteiger charge is 2.13. The van der Waals surface area contributed by atoms with E-state index in [-0.39, 0.29) is 5.95 Å². The third-order valence-electron chi connectivity index (χ3n) is 1.36. The lowest BCUT2D eigenvalue weighted by Gasteiger charge is -1.92. The maximum atomic E-state index is 10.4. The quantitative estimate of drug-likeness (QED) is 0.641. The van der Waals surface area contributed by atoms with Gasteiger partial charge in [0.25, 0.3) is 5.95 Å². The van der Waals surface area contributed by atoms with E-state index >= 15 is 0 Å². The molecule has 0 aliphatic heterocycles. The van der Waals surface area contributed by atoms with Crippen molar-refractivity contribution in [3.8, 4) is 0 Å².